The zero-order chi connectivity index (χ0) is 20.6. The average molecular weight is 399 g/mol. The van der Waals surface area contributed by atoms with Crippen LogP contribution in [0.25, 0.3) is 0 Å². The Balaban J connectivity index is 2.71. The maximum Gasteiger partial charge on any atom is 0.321 e. The van der Waals surface area contributed by atoms with E-state index in [0.29, 0.717) is 10.6 Å². The van der Waals surface area contributed by atoms with Crippen molar-refractivity contribution in [2.24, 2.45) is 5.73 Å². The first-order chi connectivity index (χ1) is 12.6. The van der Waals surface area contributed by atoms with Crippen molar-refractivity contribution in [3.8, 4) is 0 Å². The summed E-state index contributed by atoms with van der Waals surface area (Å²) in [7, 11) is 0. The quantitative estimate of drug-likeness (QED) is 0.516. The summed E-state index contributed by atoms with van der Waals surface area (Å²) in [4.78, 5) is 46.8. The SMILES string of the molecule is CC(C)NC(=O)NC(=O)[C@H](C)OC(=O)C[C@@H](NC(N)=O)c1ccccc1Cl. The molecule has 1 aromatic rings. The van der Waals surface area contributed by atoms with E-state index in [9.17, 15) is 19.2 Å². The number of esters is 1. The molecule has 1 aromatic carbocycles. The third-order valence-corrected chi connectivity index (χ3v) is 3.65. The van der Waals surface area contributed by atoms with Crippen molar-refractivity contribution in [2.45, 2.75) is 45.4 Å². The van der Waals surface area contributed by atoms with E-state index in [4.69, 9.17) is 22.1 Å². The number of ether oxygens (including phenoxy) is 1. The fraction of sp³-hybridized carbons (Fsp3) is 0.412. The van der Waals surface area contributed by atoms with E-state index >= 15 is 0 Å². The first kappa shape index (κ1) is 22.2. The van der Waals surface area contributed by atoms with Crippen molar-refractivity contribution >= 4 is 35.5 Å². The molecule has 0 unspecified atom stereocenters. The number of nitrogens with one attached hydrogen (secondary N) is 3. The molecule has 5 amide bonds. The second-order valence-corrected chi connectivity index (χ2v) is 6.44. The summed E-state index contributed by atoms with van der Waals surface area (Å²) < 4.78 is 5.03. The zero-order valence-corrected chi connectivity index (χ0v) is 16.0. The molecule has 0 spiro atoms. The van der Waals surface area contributed by atoms with Gasteiger partial charge in [-0.2, -0.15) is 0 Å². The minimum Gasteiger partial charge on any atom is -0.452 e. The lowest BCUT2D eigenvalue weighted by molar-refractivity contribution is -0.154. The number of hydrogen-bond acceptors (Lipinski definition) is 5. The predicted molar refractivity (Wildman–Crippen MR) is 98.9 cm³/mol. The van der Waals surface area contributed by atoms with Crippen molar-refractivity contribution in [1.29, 1.82) is 0 Å². The highest BCUT2D eigenvalue weighted by Gasteiger charge is 2.24. The van der Waals surface area contributed by atoms with E-state index in [1.807, 2.05) is 0 Å². The van der Waals surface area contributed by atoms with Crippen LogP contribution in [0.1, 0.15) is 38.8 Å². The van der Waals surface area contributed by atoms with Gasteiger partial charge in [0, 0.05) is 11.1 Å². The number of urea groups is 2. The highest BCUT2D eigenvalue weighted by molar-refractivity contribution is 6.31. The third kappa shape index (κ3) is 7.95. The van der Waals surface area contributed by atoms with Crippen LogP contribution >= 0.6 is 11.6 Å². The summed E-state index contributed by atoms with van der Waals surface area (Å²) in [6, 6.07) is 4.08. The largest absolute Gasteiger partial charge is 0.452 e. The van der Waals surface area contributed by atoms with Gasteiger partial charge in [-0.15, -0.1) is 0 Å². The molecule has 2 atom stereocenters. The summed E-state index contributed by atoms with van der Waals surface area (Å²) in [5.74, 6) is -1.56. The van der Waals surface area contributed by atoms with Gasteiger partial charge in [0.05, 0.1) is 12.5 Å². The van der Waals surface area contributed by atoms with Gasteiger partial charge in [0.1, 0.15) is 0 Å². The number of rotatable bonds is 7. The van der Waals surface area contributed by atoms with Crippen LogP contribution in [-0.4, -0.2) is 36.1 Å². The third-order valence-electron chi connectivity index (χ3n) is 3.30. The molecule has 0 aliphatic rings. The van der Waals surface area contributed by atoms with Crippen molar-refractivity contribution in [2.75, 3.05) is 0 Å². The van der Waals surface area contributed by atoms with Crippen LogP contribution in [0, 0.1) is 0 Å². The molecule has 9 nitrogen and oxygen atoms in total. The van der Waals surface area contributed by atoms with Crippen LogP contribution < -0.4 is 21.7 Å². The second-order valence-electron chi connectivity index (χ2n) is 6.04. The van der Waals surface area contributed by atoms with E-state index < -0.39 is 36.1 Å². The van der Waals surface area contributed by atoms with Gasteiger partial charge in [-0.25, -0.2) is 9.59 Å². The number of nitrogens with two attached hydrogens (primary N) is 1. The van der Waals surface area contributed by atoms with E-state index in [2.05, 4.69) is 16.0 Å². The molecule has 0 aromatic heterocycles. The van der Waals surface area contributed by atoms with Crippen LogP contribution in [-0.2, 0) is 14.3 Å². The molecular formula is C17H23ClN4O5. The minimum atomic E-state index is -1.21. The average Bonchev–Trinajstić information content (AvgIpc) is 2.53. The fourth-order valence-corrected chi connectivity index (χ4v) is 2.41. The van der Waals surface area contributed by atoms with Gasteiger partial charge >= 0.3 is 18.0 Å². The molecule has 0 bridgehead atoms. The van der Waals surface area contributed by atoms with Gasteiger partial charge in [0.2, 0.25) is 0 Å². The van der Waals surface area contributed by atoms with Crippen molar-refractivity contribution in [3.63, 3.8) is 0 Å². The van der Waals surface area contributed by atoms with Gasteiger partial charge in [-0.05, 0) is 32.4 Å². The minimum absolute atomic E-state index is 0.160. The van der Waals surface area contributed by atoms with Crippen LogP contribution in [0.4, 0.5) is 9.59 Å². The molecule has 0 heterocycles. The first-order valence-corrected chi connectivity index (χ1v) is 8.59. The number of imide groups is 1. The molecule has 0 fully saturated rings. The molecule has 1 rings (SSSR count). The molecule has 10 heteroatoms. The lowest BCUT2D eigenvalue weighted by Crippen LogP contribution is -2.46. The lowest BCUT2D eigenvalue weighted by atomic mass is 10.0. The molecule has 27 heavy (non-hydrogen) atoms. The summed E-state index contributed by atoms with van der Waals surface area (Å²) in [5, 5.41) is 7.29. The second kappa shape index (κ2) is 10.4. The molecule has 0 aliphatic heterocycles. The topological polar surface area (TPSA) is 140 Å². The maximum atomic E-state index is 12.2. The number of carbonyl (C=O) groups is 4. The zero-order valence-electron chi connectivity index (χ0n) is 15.2. The number of hydrogen-bond donors (Lipinski definition) is 4. The molecule has 0 aliphatic carbocycles. The Labute approximate surface area is 161 Å². The first-order valence-electron chi connectivity index (χ1n) is 8.21. The summed E-state index contributed by atoms with van der Waals surface area (Å²) in [6.07, 6.45) is -1.52. The van der Waals surface area contributed by atoms with E-state index in [1.54, 1.807) is 38.1 Å². The summed E-state index contributed by atoms with van der Waals surface area (Å²) in [5.41, 5.74) is 5.62. The van der Waals surface area contributed by atoms with Crippen LogP contribution in [0.15, 0.2) is 24.3 Å². The monoisotopic (exact) mass is 398 g/mol. The highest BCUT2D eigenvalue weighted by Crippen LogP contribution is 2.25. The Bertz CT molecular complexity index is 710. The maximum absolute atomic E-state index is 12.2. The van der Waals surface area contributed by atoms with Gasteiger partial charge < -0.3 is 21.1 Å². The normalized spacial score (nSPS) is 12.6. The Morgan fingerprint density at radius 3 is 2.30 bits per heavy atom. The number of benzene rings is 1. The lowest BCUT2D eigenvalue weighted by Gasteiger charge is -2.20. The van der Waals surface area contributed by atoms with Crippen molar-refractivity contribution < 1.29 is 23.9 Å². The summed E-state index contributed by atoms with van der Waals surface area (Å²) in [6.45, 7) is 4.78. The van der Waals surface area contributed by atoms with Crippen LogP contribution in [0.3, 0.4) is 0 Å². The fourth-order valence-electron chi connectivity index (χ4n) is 2.15. The molecule has 0 saturated heterocycles. The van der Waals surface area contributed by atoms with E-state index in [0.717, 1.165) is 0 Å². The van der Waals surface area contributed by atoms with Gasteiger partial charge in [0.15, 0.2) is 6.10 Å². The van der Waals surface area contributed by atoms with E-state index in [1.165, 1.54) is 6.92 Å². The van der Waals surface area contributed by atoms with E-state index in [-0.39, 0.29) is 12.5 Å². The van der Waals surface area contributed by atoms with Crippen molar-refractivity contribution in [3.05, 3.63) is 34.9 Å². The Morgan fingerprint density at radius 2 is 1.74 bits per heavy atom. The molecule has 0 radical (unpaired) electrons. The Morgan fingerprint density at radius 1 is 1.11 bits per heavy atom. The standard InChI is InChI=1S/C17H23ClN4O5/c1-9(2)20-17(26)22-15(24)10(3)27-14(23)8-13(21-16(19)25)11-6-4-5-7-12(11)18/h4-7,9-10,13H,8H2,1-3H3,(H3,19,21,25)(H2,20,22,24,26)/t10-,13+/m0/s1. The number of amides is 5. The molecule has 5 N–H and O–H groups in total. The predicted octanol–water partition coefficient (Wildman–Crippen LogP) is 1.61. The molecule has 148 valence electrons. The van der Waals surface area contributed by atoms with Crippen molar-refractivity contribution in [1.82, 2.24) is 16.0 Å². The smallest absolute Gasteiger partial charge is 0.321 e. The summed E-state index contributed by atoms with van der Waals surface area (Å²) >= 11 is 6.09. The van der Waals surface area contributed by atoms with Crippen LogP contribution in [0.5, 0.6) is 0 Å². The molecule has 0 saturated carbocycles. The van der Waals surface area contributed by atoms with Gasteiger partial charge in [0.25, 0.3) is 5.91 Å². The highest BCUT2D eigenvalue weighted by atomic mass is 35.5. The van der Waals surface area contributed by atoms with Gasteiger partial charge in [-0.3, -0.25) is 14.9 Å². The molecular weight excluding hydrogens is 376 g/mol. The van der Waals surface area contributed by atoms with Gasteiger partial charge in [-0.1, -0.05) is 29.8 Å². The number of halogens is 1. The number of primary amides is 1. The Hall–Kier alpha value is -2.81. The van der Waals surface area contributed by atoms with Crippen LogP contribution in [0.2, 0.25) is 5.02 Å². The number of carbonyl (C=O) groups excluding carboxylic acids is 4. The Kier molecular flexibility index (Phi) is 8.53.